The highest BCUT2D eigenvalue weighted by Gasteiger charge is 2.23. The van der Waals surface area contributed by atoms with Crippen molar-refractivity contribution in [2.24, 2.45) is 0 Å². The summed E-state index contributed by atoms with van der Waals surface area (Å²) in [5.74, 6) is 1.09. The summed E-state index contributed by atoms with van der Waals surface area (Å²) >= 11 is 5.96. The lowest BCUT2D eigenvalue weighted by Gasteiger charge is -2.32. The van der Waals surface area contributed by atoms with Gasteiger partial charge in [0.2, 0.25) is 11.7 Å². The number of pyridine rings is 1. The fraction of sp³-hybridized carbons (Fsp3) is 0.278. The van der Waals surface area contributed by atoms with Crippen LogP contribution in [0.1, 0.15) is 17.6 Å². The fourth-order valence-electron chi connectivity index (χ4n) is 2.83. The largest absolute Gasteiger partial charge is 0.371 e. The van der Waals surface area contributed by atoms with Gasteiger partial charge in [0.05, 0.1) is 19.3 Å². The van der Waals surface area contributed by atoms with Crippen molar-refractivity contribution in [3.63, 3.8) is 0 Å². The average molecular weight is 357 g/mol. The summed E-state index contributed by atoms with van der Waals surface area (Å²) < 4.78 is 11.3. The lowest BCUT2D eigenvalue weighted by Crippen LogP contribution is -2.37. The number of ether oxygens (including phenoxy) is 1. The van der Waals surface area contributed by atoms with Gasteiger partial charge in [-0.1, -0.05) is 35.0 Å². The molecule has 1 fully saturated rings. The van der Waals surface area contributed by atoms with Gasteiger partial charge in [0.15, 0.2) is 0 Å². The zero-order valence-electron chi connectivity index (χ0n) is 13.5. The molecular formula is C18H17ClN4O2. The van der Waals surface area contributed by atoms with Crippen LogP contribution in [0.5, 0.6) is 0 Å². The van der Waals surface area contributed by atoms with E-state index in [9.17, 15) is 0 Å². The van der Waals surface area contributed by atoms with E-state index >= 15 is 0 Å². The van der Waals surface area contributed by atoms with E-state index in [1.165, 1.54) is 0 Å². The van der Waals surface area contributed by atoms with Gasteiger partial charge in [0.1, 0.15) is 5.69 Å². The maximum atomic E-state index is 5.96. The van der Waals surface area contributed by atoms with Gasteiger partial charge >= 0.3 is 0 Å². The van der Waals surface area contributed by atoms with Crippen molar-refractivity contribution in [2.45, 2.75) is 12.6 Å². The molecule has 6 nitrogen and oxygen atoms in total. The molecule has 1 saturated heterocycles. The maximum Gasteiger partial charge on any atom is 0.241 e. The third-order valence-corrected chi connectivity index (χ3v) is 4.37. The van der Waals surface area contributed by atoms with E-state index in [-0.39, 0.29) is 6.10 Å². The van der Waals surface area contributed by atoms with Crippen LogP contribution in [0.25, 0.3) is 11.5 Å². The van der Waals surface area contributed by atoms with E-state index < -0.39 is 0 Å². The summed E-state index contributed by atoms with van der Waals surface area (Å²) in [6.07, 6.45) is 1.73. The topological polar surface area (TPSA) is 64.3 Å². The molecule has 0 amide bonds. The van der Waals surface area contributed by atoms with Gasteiger partial charge in [-0.15, -0.1) is 0 Å². The third-order valence-electron chi connectivity index (χ3n) is 4.11. The smallest absolute Gasteiger partial charge is 0.241 e. The first-order valence-corrected chi connectivity index (χ1v) is 8.49. The van der Waals surface area contributed by atoms with Crippen molar-refractivity contribution >= 4 is 11.6 Å². The van der Waals surface area contributed by atoms with Crippen LogP contribution in [-0.2, 0) is 11.3 Å². The Hall–Kier alpha value is -2.28. The quantitative estimate of drug-likeness (QED) is 0.714. The Kier molecular flexibility index (Phi) is 4.74. The van der Waals surface area contributed by atoms with Crippen LogP contribution in [-0.4, -0.2) is 39.7 Å². The monoisotopic (exact) mass is 356 g/mol. The van der Waals surface area contributed by atoms with E-state index in [2.05, 4.69) is 20.0 Å². The molecule has 1 aliphatic rings. The number of nitrogens with zero attached hydrogens (tertiary/aromatic N) is 4. The Morgan fingerprint density at radius 1 is 1.16 bits per heavy atom. The van der Waals surface area contributed by atoms with E-state index in [0.717, 1.165) is 23.7 Å². The van der Waals surface area contributed by atoms with E-state index in [0.29, 0.717) is 30.6 Å². The second kappa shape index (κ2) is 7.31. The molecule has 0 aliphatic carbocycles. The van der Waals surface area contributed by atoms with Crippen LogP contribution in [0, 0.1) is 0 Å². The maximum absolute atomic E-state index is 5.96. The number of hydrogen-bond donors (Lipinski definition) is 0. The Morgan fingerprint density at radius 2 is 2.04 bits per heavy atom. The van der Waals surface area contributed by atoms with Crippen LogP contribution in [0.2, 0.25) is 5.02 Å². The summed E-state index contributed by atoms with van der Waals surface area (Å²) in [5.41, 5.74) is 1.83. The van der Waals surface area contributed by atoms with Crippen LogP contribution in [0.15, 0.2) is 53.2 Å². The molecule has 0 saturated carbocycles. The number of rotatable bonds is 4. The normalized spacial score (nSPS) is 18.4. The Labute approximate surface area is 150 Å². The van der Waals surface area contributed by atoms with E-state index in [1.54, 1.807) is 6.20 Å². The molecule has 2 aromatic heterocycles. The number of morpholine rings is 1. The van der Waals surface area contributed by atoms with Crippen LogP contribution >= 0.6 is 11.6 Å². The number of hydrogen-bond acceptors (Lipinski definition) is 6. The molecule has 25 heavy (non-hydrogen) atoms. The van der Waals surface area contributed by atoms with Gasteiger partial charge in [0.25, 0.3) is 0 Å². The summed E-state index contributed by atoms with van der Waals surface area (Å²) in [4.78, 5) is 10.9. The molecule has 1 aromatic carbocycles. The summed E-state index contributed by atoms with van der Waals surface area (Å²) in [6, 6.07) is 13.4. The molecule has 0 bridgehead atoms. The minimum Gasteiger partial charge on any atom is -0.371 e. The van der Waals surface area contributed by atoms with E-state index in [1.807, 2.05) is 42.5 Å². The predicted octanol–water partition coefficient (Wildman–Crippen LogP) is 3.36. The van der Waals surface area contributed by atoms with Crippen molar-refractivity contribution in [3.05, 3.63) is 65.1 Å². The SMILES string of the molecule is Clc1ccc([C@H]2CN(Cc3nc(-c4ccccn4)no3)CCO2)cc1. The predicted molar refractivity (Wildman–Crippen MR) is 93.0 cm³/mol. The van der Waals surface area contributed by atoms with Crippen molar-refractivity contribution in [1.82, 2.24) is 20.0 Å². The van der Waals surface area contributed by atoms with Gasteiger partial charge in [-0.25, -0.2) is 0 Å². The average Bonchev–Trinajstić information content (AvgIpc) is 3.12. The molecule has 3 heterocycles. The molecule has 128 valence electrons. The first-order valence-electron chi connectivity index (χ1n) is 8.11. The first-order chi connectivity index (χ1) is 12.3. The standard InChI is InChI=1S/C18H17ClN4O2/c19-14-6-4-13(5-7-14)16-11-23(9-10-24-16)12-17-21-18(22-25-17)15-3-1-2-8-20-15/h1-8,16H,9-12H2/t16-/m1/s1. The molecule has 1 atom stereocenters. The zero-order valence-corrected chi connectivity index (χ0v) is 14.3. The molecular weight excluding hydrogens is 340 g/mol. The minimum absolute atomic E-state index is 0.0178. The molecule has 0 radical (unpaired) electrons. The molecule has 0 N–H and O–H groups in total. The van der Waals surface area contributed by atoms with Crippen molar-refractivity contribution in [3.8, 4) is 11.5 Å². The van der Waals surface area contributed by atoms with Crippen LogP contribution in [0.3, 0.4) is 0 Å². The molecule has 0 unspecified atom stereocenters. The summed E-state index contributed by atoms with van der Waals surface area (Å²) in [6.45, 7) is 2.84. The highest BCUT2D eigenvalue weighted by molar-refractivity contribution is 6.30. The summed E-state index contributed by atoms with van der Waals surface area (Å²) in [5, 5.41) is 4.74. The van der Waals surface area contributed by atoms with Gasteiger partial charge in [-0.2, -0.15) is 4.98 Å². The number of benzene rings is 1. The Balaban J connectivity index is 1.42. The molecule has 3 aromatic rings. The zero-order chi connectivity index (χ0) is 17.1. The number of aromatic nitrogens is 3. The second-order valence-electron chi connectivity index (χ2n) is 5.87. The van der Waals surface area contributed by atoms with Gasteiger partial charge in [-0.05, 0) is 29.8 Å². The van der Waals surface area contributed by atoms with Crippen molar-refractivity contribution < 1.29 is 9.26 Å². The Morgan fingerprint density at radius 3 is 2.84 bits per heavy atom. The molecule has 0 spiro atoms. The van der Waals surface area contributed by atoms with Crippen LogP contribution in [0.4, 0.5) is 0 Å². The fourth-order valence-corrected chi connectivity index (χ4v) is 2.96. The third kappa shape index (κ3) is 3.87. The van der Waals surface area contributed by atoms with Crippen molar-refractivity contribution in [1.29, 1.82) is 0 Å². The van der Waals surface area contributed by atoms with Crippen molar-refractivity contribution in [2.75, 3.05) is 19.7 Å². The molecule has 4 rings (SSSR count). The lowest BCUT2D eigenvalue weighted by molar-refractivity contribution is -0.0355. The highest BCUT2D eigenvalue weighted by atomic mass is 35.5. The highest BCUT2D eigenvalue weighted by Crippen LogP contribution is 2.24. The van der Waals surface area contributed by atoms with E-state index in [4.69, 9.17) is 20.9 Å². The minimum atomic E-state index is 0.0178. The first kappa shape index (κ1) is 16.2. The van der Waals surface area contributed by atoms with Gasteiger partial charge in [0, 0.05) is 24.3 Å². The molecule has 7 heteroatoms. The number of halogens is 1. The molecule has 1 aliphatic heterocycles. The van der Waals surface area contributed by atoms with Gasteiger partial charge in [-0.3, -0.25) is 9.88 Å². The second-order valence-corrected chi connectivity index (χ2v) is 6.31. The van der Waals surface area contributed by atoms with Gasteiger partial charge < -0.3 is 9.26 Å². The summed E-state index contributed by atoms with van der Waals surface area (Å²) in [7, 11) is 0. The Bertz CT molecular complexity index is 823. The van der Waals surface area contributed by atoms with Crippen LogP contribution < -0.4 is 0 Å². The lowest BCUT2D eigenvalue weighted by atomic mass is 10.1.